The fraction of sp³-hybridized carbons (Fsp3) is 0.900. The monoisotopic (exact) mass is 284 g/mol. The Kier molecular flexibility index (Phi) is 6.92. The van der Waals surface area contributed by atoms with E-state index >= 15 is 0 Å². The minimum atomic E-state index is 0. The second-order valence-electron chi connectivity index (χ2n) is 3.50. The molecule has 0 aromatic heterocycles. The van der Waals surface area contributed by atoms with Crippen molar-refractivity contribution in [2.75, 3.05) is 6.54 Å². The van der Waals surface area contributed by atoms with Crippen LogP contribution in [0.2, 0.25) is 0 Å². The van der Waals surface area contributed by atoms with Gasteiger partial charge in [0.1, 0.15) is 0 Å². The standard InChI is InChI=1S/C10H19NO.In/c1-3-9-7-5-6-8-11(9)10(12)4-2;/h9H,3-8H2,1-2H3;/t9-;/m1./s1. The molecule has 0 aliphatic carbocycles. The smallest absolute Gasteiger partial charge is 0.222 e. The number of nitrogens with zero attached hydrogens (tertiary/aromatic N) is 1. The summed E-state index contributed by atoms with van der Waals surface area (Å²) in [5.41, 5.74) is 0. The van der Waals surface area contributed by atoms with Crippen molar-refractivity contribution >= 4 is 31.8 Å². The summed E-state index contributed by atoms with van der Waals surface area (Å²) in [5.74, 6) is 0.335. The molecule has 1 rings (SSSR count). The fourth-order valence-electron chi connectivity index (χ4n) is 1.96. The van der Waals surface area contributed by atoms with Crippen LogP contribution in [-0.4, -0.2) is 49.2 Å². The molecular formula is C10H19InNO. The fourth-order valence-corrected chi connectivity index (χ4v) is 1.96. The van der Waals surface area contributed by atoms with Crippen LogP contribution in [0.5, 0.6) is 0 Å². The predicted octanol–water partition coefficient (Wildman–Crippen LogP) is 1.81. The molecule has 0 unspecified atom stereocenters. The van der Waals surface area contributed by atoms with Crippen LogP contribution in [-0.2, 0) is 4.79 Å². The largest absolute Gasteiger partial charge is 0.340 e. The Balaban J connectivity index is 0.00000144. The molecule has 1 atom stereocenters. The van der Waals surface area contributed by atoms with Gasteiger partial charge in [0.15, 0.2) is 0 Å². The third-order valence-corrected chi connectivity index (χ3v) is 2.72. The molecule has 1 fully saturated rings. The summed E-state index contributed by atoms with van der Waals surface area (Å²) in [6.45, 7) is 5.11. The molecule has 3 heteroatoms. The molecule has 13 heavy (non-hydrogen) atoms. The number of hydrogen-bond acceptors (Lipinski definition) is 1. The number of likely N-dealkylation sites (tertiary alicyclic amines) is 1. The van der Waals surface area contributed by atoms with E-state index in [4.69, 9.17) is 0 Å². The van der Waals surface area contributed by atoms with Crippen molar-refractivity contribution < 1.29 is 4.79 Å². The topological polar surface area (TPSA) is 20.3 Å². The third kappa shape index (κ3) is 3.53. The number of amides is 1. The molecule has 0 aromatic rings. The van der Waals surface area contributed by atoms with Gasteiger partial charge in [0, 0.05) is 44.9 Å². The summed E-state index contributed by atoms with van der Waals surface area (Å²) in [7, 11) is 0. The van der Waals surface area contributed by atoms with E-state index in [0.29, 0.717) is 18.4 Å². The average molecular weight is 284 g/mol. The maximum atomic E-state index is 11.5. The predicted molar refractivity (Wildman–Crippen MR) is 55.7 cm³/mol. The van der Waals surface area contributed by atoms with Gasteiger partial charge in [-0.2, -0.15) is 0 Å². The van der Waals surface area contributed by atoms with Crippen LogP contribution in [0.1, 0.15) is 46.0 Å². The van der Waals surface area contributed by atoms with Crippen LogP contribution < -0.4 is 0 Å². The molecule has 73 valence electrons. The number of carbonyl (C=O) groups excluding carboxylic acids is 1. The maximum Gasteiger partial charge on any atom is 0.222 e. The van der Waals surface area contributed by atoms with Gasteiger partial charge in [0.2, 0.25) is 5.91 Å². The molecule has 1 heterocycles. The number of rotatable bonds is 2. The van der Waals surface area contributed by atoms with E-state index in [1.165, 1.54) is 19.3 Å². The normalized spacial score (nSPS) is 22.3. The van der Waals surface area contributed by atoms with Gasteiger partial charge in [-0.25, -0.2) is 0 Å². The van der Waals surface area contributed by atoms with Crippen LogP contribution in [0.4, 0.5) is 0 Å². The molecule has 1 aliphatic heterocycles. The van der Waals surface area contributed by atoms with E-state index in [1.54, 1.807) is 0 Å². The van der Waals surface area contributed by atoms with Crippen molar-refractivity contribution in [1.82, 2.24) is 4.90 Å². The zero-order valence-corrected chi connectivity index (χ0v) is 12.0. The minimum Gasteiger partial charge on any atom is -0.340 e. The second-order valence-corrected chi connectivity index (χ2v) is 3.50. The van der Waals surface area contributed by atoms with Crippen molar-refractivity contribution in [2.24, 2.45) is 0 Å². The third-order valence-electron chi connectivity index (χ3n) is 2.72. The van der Waals surface area contributed by atoms with E-state index < -0.39 is 0 Å². The molecule has 0 spiro atoms. The minimum absolute atomic E-state index is 0. The summed E-state index contributed by atoms with van der Waals surface area (Å²) in [5, 5.41) is 0. The molecule has 1 aliphatic rings. The molecular weight excluding hydrogens is 265 g/mol. The van der Waals surface area contributed by atoms with Crippen molar-refractivity contribution in [2.45, 2.75) is 52.0 Å². The Morgan fingerprint density at radius 3 is 2.62 bits per heavy atom. The molecule has 1 amide bonds. The summed E-state index contributed by atoms with van der Waals surface area (Å²) >= 11 is 0. The van der Waals surface area contributed by atoms with Crippen LogP contribution >= 0.6 is 0 Å². The van der Waals surface area contributed by atoms with Gasteiger partial charge in [0.05, 0.1) is 0 Å². The SMILES string of the molecule is CCC(=O)N1CCCC[C@H]1CC.[In]. The Morgan fingerprint density at radius 2 is 2.08 bits per heavy atom. The first kappa shape index (κ1) is 13.3. The van der Waals surface area contributed by atoms with Crippen LogP contribution in [0.25, 0.3) is 0 Å². The number of hydrogen-bond donors (Lipinski definition) is 0. The van der Waals surface area contributed by atoms with Crippen LogP contribution in [0.3, 0.4) is 0 Å². The molecule has 1 saturated heterocycles. The first-order valence-corrected chi connectivity index (χ1v) is 5.09. The van der Waals surface area contributed by atoms with Gasteiger partial charge in [-0.05, 0) is 25.7 Å². The summed E-state index contributed by atoms with van der Waals surface area (Å²) in [6.07, 6.45) is 5.48. The van der Waals surface area contributed by atoms with Crippen molar-refractivity contribution in [3.8, 4) is 0 Å². The first-order chi connectivity index (χ1) is 5.79. The van der Waals surface area contributed by atoms with E-state index in [0.717, 1.165) is 13.0 Å². The first-order valence-electron chi connectivity index (χ1n) is 5.09. The van der Waals surface area contributed by atoms with E-state index in [1.807, 2.05) is 6.92 Å². The zero-order chi connectivity index (χ0) is 8.97. The zero-order valence-electron chi connectivity index (χ0n) is 8.75. The molecule has 3 radical (unpaired) electrons. The van der Waals surface area contributed by atoms with Gasteiger partial charge >= 0.3 is 0 Å². The van der Waals surface area contributed by atoms with Gasteiger partial charge in [-0.15, -0.1) is 0 Å². The van der Waals surface area contributed by atoms with Gasteiger partial charge in [0.25, 0.3) is 0 Å². The van der Waals surface area contributed by atoms with Gasteiger partial charge in [-0.3, -0.25) is 4.79 Å². The number of piperidine rings is 1. The number of carbonyl (C=O) groups is 1. The van der Waals surface area contributed by atoms with Gasteiger partial charge < -0.3 is 4.90 Å². The second kappa shape index (κ2) is 6.74. The Labute approximate surface area is 99.8 Å². The van der Waals surface area contributed by atoms with Crippen LogP contribution in [0, 0.1) is 0 Å². The summed E-state index contributed by atoms with van der Waals surface area (Å²) in [6, 6.07) is 0.534. The Bertz CT molecular complexity index is 161. The average Bonchev–Trinajstić information content (AvgIpc) is 2.16. The van der Waals surface area contributed by atoms with Gasteiger partial charge in [-0.1, -0.05) is 13.8 Å². The molecule has 0 aromatic carbocycles. The maximum absolute atomic E-state index is 11.5. The molecule has 0 N–H and O–H groups in total. The molecule has 0 bridgehead atoms. The van der Waals surface area contributed by atoms with Crippen molar-refractivity contribution in [3.05, 3.63) is 0 Å². The van der Waals surface area contributed by atoms with E-state index in [2.05, 4.69) is 11.8 Å². The van der Waals surface area contributed by atoms with E-state index in [-0.39, 0.29) is 25.8 Å². The molecule has 2 nitrogen and oxygen atoms in total. The summed E-state index contributed by atoms with van der Waals surface area (Å²) < 4.78 is 0. The van der Waals surface area contributed by atoms with Crippen molar-refractivity contribution in [3.63, 3.8) is 0 Å². The molecule has 0 saturated carbocycles. The van der Waals surface area contributed by atoms with Crippen molar-refractivity contribution in [1.29, 1.82) is 0 Å². The van der Waals surface area contributed by atoms with E-state index in [9.17, 15) is 4.79 Å². The Hall–Kier alpha value is 0.340. The summed E-state index contributed by atoms with van der Waals surface area (Å²) in [4.78, 5) is 13.5. The van der Waals surface area contributed by atoms with Crippen LogP contribution in [0.15, 0.2) is 0 Å². The Morgan fingerprint density at radius 1 is 1.38 bits per heavy atom. The quantitative estimate of drug-likeness (QED) is 0.757.